The summed E-state index contributed by atoms with van der Waals surface area (Å²) in [5.41, 5.74) is 0.617. The lowest BCUT2D eigenvalue weighted by Crippen LogP contribution is -2.44. The number of carbonyl (C=O) groups is 2. The standard InChI is InChI=1S/C24H29N3O4/c28-23(24(29)26-19-6-2-1-3-7-19)25-13-10-18-11-14-27(15-12-18)16-20-17-30-21-8-4-5-9-22(21)31-20/h1-9,18,20H,10-17H2,(H,25,28)(H,26,29). The summed E-state index contributed by atoms with van der Waals surface area (Å²) >= 11 is 0. The number of amides is 2. The normalized spacial score (nSPS) is 18.9. The van der Waals surface area contributed by atoms with Gasteiger partial charge in [-0.2, -0.15) is 0 Å². The highest BCUT2D eigenvalue weighted by atomic mass is 16.6. The third kappa shape index (κ3) is 5.98. The van der Waals surface area contributed by atoms with Crippen LogP contribution in [0.1, 0.15) is 19.3 Å². The predicted molar refractivity (Wildman–Crippen MR) is 118 cm³/mol. The minimum absolute atomic E-state index is 0.0499. The molecule has 2 aliphatic heterocycles. The largest absolute Gasteiger partial charge is 0.486 e. The molecule has 2 aliphatic rings. The summed E-state index contributed by atoms with van der Waals surface area (Å²) in [5, 5.41) is 5.34. The second-order valence-electron chi connectivity index (χ2n) is 8.11. The van der Waals surface area contributed by atoms with Crippen LogP contribution in [-0.4, -0.2) is 55.6 Å². The van der Waals surface area contributed by atoms with Crippen molar-refractivity contribution in [2.75, 3.05) is 38.1 Å². The Morgan fingerprint density at radius 1 is 0.935 bits per heavy atom. The van der Waals surface area contributed by atoms with Crippen LogP contribution in [0, 0.1) is 5.92 Å². The monoisotopic (exact) mass is 423 g/mol. The second-order valence-corrected chi connectivity index (χ2v) is 8.11. The van der Waals surface area contributed by atoms with Gasteiger partial charge in [0.15, 0.2) is 11.5 Å². The number of nitrogens with zero attached hydrogens (tertiary/aromatic N) is 1. The van der Waals surface area contributed by atoms with E-state index in [1.54, 1.807) is 12.1 Å². The smallest absolute Gasteiger partial charge is 0.313 e. The van der Waals surface area contributed by atoms with Crippen LogP contribution in [0.15, 0.2) is 54.6 Å². The van der Waals surface area contributed by atoms with E-state index < -0.39 is 11.8 Å². The van der Waals surface area contributed by atoms with Crippen molar-refractivity contribution in [1.82, 2.24) is 10.2 Å². The number of fused-ring (bicyclic) bond motifs is 1. The molecule has 1 saturated heterocycles. The Hall–Kier alpha value is -3.06. The van der Waals surface area contributed by atoms with E-state index in [4.69, 9.17) is 9.47 Å². The zero-order chi connectivity index (χ0) is 21.5. The van der Waals surface area contributed by atoms with Crippen LogP contribution in [0.5, 0.6) is 11.5 Å². The lowest BCUT2D eigenvalue weighted by molar-refractivity contribution is -0.136. The molecule has 0 spiro atoms. The van der Waals surface area contributed by atoms with E-state index in [0.29, 0.717) is 24.8 Å². The van der Waals surface area contributed by atoms with Crippen molar-refractivity contribution >= 4 is 17.5 Å². The van der Waals surface area contributed by atoms with Gasteiger partial charge in [0.1, 0.15) is 12.7 Å². The summed E-state index contributed by atoms with van der Waals surface area (Å²) < 4.78 is 11.9. The molecule has 1 unspecified atom stereocenters. The number of likely N-dealkylation sites (tertiary alicyclic amines) is 1. The number of anilines is 1. The predicted octanol–water partition coefficient (Wildman–Crippen LogP) is 2.68. The van der Waals surface area contributed by atoms with Gasteiger partial charge >= 0.3 is 11.8 Å². The molecule has 164 valence electrons. The van der Waals surface area contributed by atoms with Crippen molar-refractivity contribution in [1.29, 1.82) is 0 Å². The number of rotatable bonds is 6. The molecule has 0 aromatic heterocycles. The van der Waals surface area contributed by atoms with Crippen molar-refractivity contribution < 1.29 is 19.1 Å². The maximum atomic E-state index is 12.0. The Morgan fingerprint density at radius 2 is 1.65 bits per heavy atom. The number of piperidine rings is 1. The summed E-state index contributed by atoms with van der Waals surface area (Å²) in [6, 6.07) is 16.8. The fourth-order valence-electron chi connectivity index (χ4n) is 4.08. The van der Waals surface area contributed by atoms with E-state index in [1.807, 2.05) is 42.5 Å². The van der Waals surface area contributed by atoms with Gasteiger partial charge in [0, 0.05) is 18.8 Å². The number of nitrogens with one attached hydrogen (secondary N) is 2. The fraction of sp³-hybridized carbons (Fsp3) is 0.417. The second kappa shape index (κ2) is 10.3. The minimum Gasteiger partial charge on any atom is -0.486 e. The third-order valence-electron chi connectivity index (χ3n) is 5.81. The molecule has 2 N–H and O–H groups in total. The molecule has 2 aromatic carbocycles. The Morgan fingerprint density at radius 3 is 2.42 bits per heavy atom. The number of ether oxygens (including phenoxy) is 2. The fourth-order valence-corrected chi connectivity index (χ4v) is 4.08. The number of hydrogen-bond donors (Lipinski definition) is 2. The topological polar surface area (TPSA) is 79.9 Å². The van der Waals surface area contributed by atoms with Crippen LogP contribution in [0.4, 0.5) is 5.69 Å². The molecule has 0 radical (unpaired) electrons. The van der Waals surface area contributed by atoms with E-state index in [1.165, 1.54) is 0 Å². The van der Waals surface area contributed by atoms with Gasteiger partial charge in [-0.25, -0.2) is 0 Å². The number of para-hydroxylation sites is 3. The van der Waals surface area contributed by atoms with Crippen molar-refractivity contribution in [3.63, 3.8) is 0 Å². The maximum absolute atomic E-state index is 12.0. The highest BCUT2D eigenvalue weighted by Crippen LogP contribution is 2.31. The Labute approximate surface area is 182 Å². The molecular formula is C24H29N3O4. The van der Waals surface area contributed by atoms with E-state index in [2.05, 4.69) is 15.5 Å². The molecule has 31 heavy (non-hydrogen) atoms. The lowest BCUT2D eigenvalue weighted by atomic mass is 9.93. The first kappa shape index (κ1) is 21.2. The van der Waals surface area contributed by atoms with Gasteiger partial charge in [-0.1, -0.05) is 30.3 Å². The van der Waals surface area contributed by atoms with E-state index in [9.17, 15) is 9.59 Å². The summed E-state index contributed by atoms with van der Waals surface area (Å²) in [6.07, 6.45) is 3.09. The van der Waals surface area contributed by atoms with Crippen LogP contribution in [0.2, 0.25) is 0 Å². The van der Waals surface area contributed by atoms with Gasteiger partial charge in [-0.05, 0) is 62.5 Å². The average Bonchev–Trinajstić information content (AvgIpc) is 2.81. The van der Waals surface area contributed by atoms with E-state index >= 15 is 0 Å². The number of hydrogen-bond acceptors (Lipinski definition) is 5. The highest BCUT2D eigenvalue weighted by Gasteiger charge is 2.26. The molecule has 7 nitrogen and oxygen atoms in total. The summed E-state index contributed by atoms with van der Waals surface area (Å²) in [4.78, 5) is 26.4. The highest BCUT2D eigenvalue weighted by molar-refractivity contribution is 6.39. The lowest BCUT2D eigenvalue weighted by Gasteiger charge is -2.35. The third-order valence-corrected chi connectivity index (χ3v) is 5.81. The summed E-state index contributed by atoms with van der Waals surface area (Å²) in [5.74, 6) is 0.976. The molecule has 2 heterocycles. The molecule has 2 amide bonds. The number of benzene rings is 2. The van der Waals surface area contributed by atoms with Gasteiger partial charge in [0.2, 0.25) is 0 Å². The van der Waals surface area contributed by atoms with Crippen LogP contribution in [-0.2, 0) is 9.59 Å². The minimum atomic E-state index is -0.628. The molecule has 7 heteroatoms. The maximum Gasteiger partial charge on any atom is 0.313 e. The van der Waals surface area contributed by atoms with Crippen LogP contribution in [0.25, 0.3) is 0 Å². The van der Waals surface area contributed by atoms with Crippen molar-refractivity contribution in [2.24, 2.45) is 5.92 Å². The first-order valence-electron chi connectivity index (χ1n) is 10.9. The SMILES string of the molecule is O=C(NCCC1CCN(CC2COc3ccccc3O2)CC1)C(=O)Nc1ccccc1. The number of carbonyl (C=O) groups excluding carboxylic acids is 2. The molecule has 1 fully saturated rings. The quantitative estimate of drug-likeness (QED) is 0.699. The summed E-state index contributed by atoms with van der Waals surface area (Å²) in [7, 11) is 0. The van der Waals surface area contributed by atoms with Crippen molar-refractivity contribution in [3.8, 4) is 11.5 Å². The molecular weight excluding hydrogens is 394 g/mol. The average molecular weight is 424 g/mol. The van der Waals surface area contributed by atoms with E-state index in [0.717, 1.165) is 50.4 Å². The molecule has 0 saturated carbocycles. The molecule has 2 aromatic rings. The van der Waals surface area contributed by atoms with Crippen LogP contribution in [0.3, 0.4) is 0 Å². The van der Waals surface area contributed by atoms with Crippen molar-refractivity contribution in [3.05, 3.63) is 54.6 Å². The molecule has 0 bridgehead atoms. The van der Waals surface area contributed by atoms with Crippen molar-refractivity contribution in [2.45, 2.75) is 25.4 Å². The van der Waals surface area contributed by atoms with Crippen LogP contribution < -0.4 is 20.1 Å². The Balaban J connectivity index is 1.12. The van der Waals surface area contributed by atoms with Gasteiger partial charge in [-0.15, -0.1) is 0 Å². The molecule has 0 aliphatic carbocycles. The van der Waals surface area contributed by atoms with Crippen LogP contribution >= 0.6 is 0 Å². The van der Waals surface area contributed by atoms with E-state index in [-0.39, 0.29) is 6.10 Å². The zero-order valence-electron chi connectivity index (χ0n) is 17.6. The van der Waals surface area contributed by atoms with Gasteiger partial charge in [-0.3, -0.25) is 14.5 Å². The molecule has 4 rings (SSSR count). The first-order valence-corrected chi connectivity index (χ1v) is 10.9. The summed E-state index contributed by atoms with van der Waals surface area (Å²) in [6.45, 7) is 3.97. The Bertz CT molecular complexity index is 881. The zero-order valence-corrected chi connectivity index (χ0v) is 17.6. The molecule has 1 atom stereocenters. The first-order chi connectivity index (χ1) is 15.2. The van der Waals surface area contributed by atoms with Gasteiger partial charge < -0.3 is 20.1 Å². The Kier molecular flexibility index (Phi) is 7.04. The van der Waals surface area contributed by atoms with Gasteiger partial charge in [0.05, 0.1) is 0 Å². The van der Waals surface area contributed by atoms with Gasteiger partial charge in [0.25, 0.3) is 0 Å².